The number of nitrogens with zero attached hydrogens (tertiary/aromatic N) is 1. The molecule has 2 nitrogen and oxygen atoms in total. The van der Waals surface area contributed by atoms with E-state index in [0.29, 0.717) is 0 Å². The van der Waals surface area contributed by atoms with Gasteiger partial charge in [-0.2, -0.15) is 0 Å². The summed E-state index contributed by atoms with van der Waals surface area (Å²) in [6.07, 6.45) is 1.06. The van der Waals surface area contributed by atoms with Gasteiger partial charge in [0.05, 0.1) is 7.11 Å². The number of hydrogen-bond donors (Lipinski definition) is 0. The lowest BCUT2D eigenvalue weighted by Gasteiger charge is -2.23. The smallest absolute Gasteiger partial charge is 0.188 e. The molecule has 66 valence electrons. The number of hydrogen-bond acceptors (Lipinski definition) is 2. The van der Waals surface area contributed by atoms with Crippen molar-refractivity contribution >= 4 is 5.90 Å². The lowest BCUT2D eigenvalue weighted by Crippen LogP contribution is -2.25. The molecule has 0 amide bonds. The number of aliphatic imine (C=N–C) groups is 1. The average Bonchev–Trinajstić information content (AvgIpc) is 2.00. The number of methoxy groups -OCH3 is 1. The summed E-state index contributed by atoms with van der Waals surface area (Å²) in [4.78, 5) is 4.28. The highest BCUT2D eigenvalue weighted by molar-refractivity contribution is 5.81. The van der Waals surface area contributed by atoms with Gasteiger partial charge < -0.3 is 4.74 Å². The summed E-state index contributed by atoms with van der Waals surface area (Å²) in [5.41, 5.74) is 0.0881. The standard InChI is InChI=1S/C9H19NO/c1-6-9(3,4)8(11-5)10-7-2/h6-7H2,1-5H3. The zero-order valence-corrected chi connectivity index (χ0v) is 8.27. The monoisotopic (exact) mass is 157 g/mol. The van der Waals surface area contributed by atoms with Gasteiger partial charge in [-0.05, 0) is 13.3 Å². The Morgan fingerprint density at radius 3 is 2.18 bits per heavy atom. The van der Waals surface area contributed by atoms with Crippen LogP contribution >= 0.6 is 0 Å². The Bertz CT molecular complexity index is 138. The van der Waals surface area contributed by atoms with Crippen molar-refractivity contribution in [3.63, 3.8) is 0 Å². The van der Waals surface area contributed by atoms with Gasteiger partial charge in [-0.1, -0.05) is 20.8 Å². The number of rotatable bonds is 3. The van der Waals surface area contributed by atoms with Gasteiger partial charge in [-0.3, -0.25) is 4.99 Å². The van der Waals surface area contributed by atoms with E-state index < -0.39 is 0 Å². The van der Waals surface area contributed by atoms with Gasteiger partial charge in [0.2, 0.25) is 0 Å². The second kappa shape index (κ2) is 4.37. The van der Waals surface area contributed by atoms with Crippen molar-refractivity contribution in [1.29, 1.82) is 0 Å². The molecule has 0 radical (unpaired) electrons. The van der Waals surface area contributed by atoms with Crippen LogP contribution in [0.3, 0.4) is 0 Å². The van der Waals surface area contributed by atoms with E-state index in [2.05, 4.69) is 25.8 Å². The molecule has 0 rings (SSSR count). The third-order valence-electron chi connectivity index (χ3n) is 1.96. The van der Waals surface area contributed by atoms with Gasteiger partial charge in [-0.25, -0.2) is 0 Å². The molecular formula is C9H19NO. The van der Waals surface area contributed by atoms with Crippen LogP contribution < -0.4 is 0 Å². The van der Waals surface area contributed by atoms with Gasteiger partial charge in [-0.15, -0.1) is 0 Å². The Morgan fingerprint density at radius 2 is 1.91 bits per heavy atom. The van der Waals surface area contributed by atoms with E-state index in [4.69, 9.17) is 4.74 Å². The quantitative estimate of drug-likeness (QED) is 0.455. The molecule has 0 spiro atoms. The highest BCUT2D eigenvalue weighted by Crippen LogP contribution is 2.22. The maximum Gasteiger partial charge on any atom is 0.188 e. The Balaban J connectivity index is 4.36. The Kier molecular flexibility index (Phi) is 4.16. The van der Waals surface area contributed by atoms with Crippen LogP contribution in [0.1, 0.15) is 34.1 Å². The normalized spacial score (nSPS) is 13.4. The van der Waals surface area contributed by atoms with Crippen LogP contribution in [0.4, 0.5) is 0 Å². The van der Waals surface area contributed by atoms with Crippen molar-refractivity contribution in [2.24, 2.45) is 10.4 Å². The predicted octanol–water partition coefficient (Wildman–Crippen LogP) is 2.49. The maximum atomic E-state index is 5.20. The highest BCUT2D eigenvalue weighted by atomic mass is 16.5. The molecule has 0 aliphatic rings. The minimum atomic E-state index is 0.0881. The molecule has 0 saturated carbocycles. The van der Waals surface area contributed by atoms with E-state index >= 15 is 0 Å². The third kappa shape index (κ3) is 2.91. The first-order valence-electron chi connectivity index (χ1n) is 4.17. The van der Waals surface area contributed by atoms with Crippen LogP contribution in [-0.4, -0.2) is 19.6 Å². The van der Waals surface area contributed by atoms with E-state index in [1.165, 1.54) is 0 Å². The van der Waals surface area contributed by atoms with Crippen LogP contribution in [0.5, 0.6) is 0 Å². The molecule has 0 unspecified atom stereocenters. The van der Waals surface area contributed by atoms with Gasteiger partial charge in [0, 0.05) is 12.0 Å². The Hall–Kier alpha value is -0.530. The fourth-order valence-electron chi connectivity index (χ4n) is 0.850. The first kappa shape index (κ1) is 10.5. The highest BCUT2D eigenvalue weighted by Gasteiger charge is 2.23. The van der Waals surface area contributed by atoms with E-state index in [-0.39, 0.29) is 5.41 Å². The SMILES string of the molecule is CCN=C(OC)C(C)(C)CC. The van der Waals surface area contributed by atoms with Crippen molar-refractivity contribution in [3.05, 3.63) is 0 Å². The molecule has 0 atom stereocenters. The summed E-state index contributed by atoms with van der Waals surface area (Å²) in [6, 6.07) is 0. The Morgan fingerprint density at radius 1 is 1.36 bits per heavy atom. The molecule has 11 heavy (non-hydrogen) atoms. The zero-order chi connectivity index (χ0) is 8.91. The summed E-state index contributed by atoms with van der Waals surface area (Å²) in [7, 11) is 1.69. The molecule has 0 aromatic rings. The zero-order valence-electron chi connectivity index (χ0n) is 8.27. The first-order chi connectivity index (χ1) is 5.08. The van der Waals surface area contributed by atoms with Crippen molar-refractivity contribution < 1.29 is 4.74 Å². The number of ether oxygens (including phenoxy) is 1. The lowest BCUT2D eigenvalue weighted by molar-refractivity contribution is 0.316. The van der Waals surface area contributed by atoms with E-state index in [0.717, 1.165) is 18.9 Å². The van der Waals surface area contributed by atoms with Crippen LogP contribution in [0, 0.1) is 5.41 Å². The Labute approximate surface area is 69.7 Å². The average molecular weight is 157 g/mol. The molecule has 0 saturated heterocycles. The molecule has 0 aromatic heterocycles. The minimum absolute atomic E-state index is 0.0881. The largest absolute Gasteiger partial charge is 0.484 e. The lowest BCUT2D eigenvalue weighted by atomic mass is 9.90. The molecule has 0 N–H and O–H groups in total. The third-order valence-corrected chi connectivity index (χ3v) is 1.96. The molecule has 0 aliphatic heterocycles. The van der Waals surface area contributed by atoms with Gasteiger partial charge in [0.15, 0.2) is 5.90 Å². The topological polar surface area (TPSA) is 21.6 Å². The van der Waals surface area contributed by atoms with Crippen LogP contribution in [-0.2, 0) is 4.74 Å². The second-order valence-corrected chi connectivity index (χ2v) is 3.22. The molecular weight excluding hydrogens is 138 g/mol. The predicted molar refractivity (Wildman–Crippen MR) is 49.1 cm³/mol. The van der Waals surface area contributed by atoms with E-state index in [1.54, 1.807) is 7.11 Å². The fraction of sp³-hybridized carbons (Fsp3) is 0.889. The second-order valence-electron chi connectivity index (χ2n) is 3.22. The first-order valence-corrected chi connectivity index (χ1v) is 4.17. The molecule has 0 heterocycles. The molecule has 2 heteroatoms. The summed E-state index contributed by atoms with van der Waals surface area (Å²) >= 11 is 0. The van der Waals surface area contributed by atoms with Crippen molar-refractivity contribution in [1.82, 2.24) is 0 Å². The van der Waals surface area contributed by atoms with Crippen LogP contribution in [0.25, 0.3) is 0 Å². The molecule has 0 fully saturated rings. The molecule has 0 aliphatic carbocycles. The van der Waals surface area contributed by atoms with Crippen molar-refractivity contribution in [3.8, 4) is 0 Å². The molecule has 0 aromatic carbocycles. The fourth-order valence-corrected chi connectivity index (χ4v) is 0.850. The van der Waals surface area contributed by atoms with Crippen LogP contribution in [0.15, 0.2) is 4.99 Å². The summed E-state index contributed by atoms with van der Waals surface area (Å²) in [6.45, 7) is 9.25. The van der Waals surface area contributed by atoms with Crippen LogP contribution in [0.2, 0.25) is 0 Å². The van der Waals surface area contributed by atoms with Crippen molar-refractivity contribution in [2.45, 2.75) is 34.1 Å². The van der Waals surface area contributed by atoms with Gasteiger partial charge in [0.25, 0.3) is 0 Å². The van der Waals surface area contributed by atoms with Crippen molar-refractivity contribution in [2.75, 3.05) is 13.7 Å². The molecule has 0 bridgehead atoms. The summed E-state index contributed by atoms with van der Waals surface area (Å²) < 4.78 is 5.20. The maximum absolute atomic E-state index is 5.20. The van der Waals surface area contributed by atoms with Gasteiger partial charge >= 0.3 is 0 Å². The van der Waals surface area contributed by atoms with E-state index in [1.807, 2.05) is 6.92 Å². The summed E-state index contributed by atoms with van der Waals surface area (Å²) in [5.74, 6) is 0.863. The minimum Gasteiger partial charge on any atom is -0.484 e. The van der Waals surface area contributed by atoms with E-state index in [9.17, 15) is 0 Å². The summed E-state index contributed by atoms with van der Waals surface area (Å²) in [5, 5.41) is 0. The van der Waals surface area contributed by atoms with Gasteiger partial charge in [0.1, 0.15) is 0 Å².